The molecule has 2 saturated heterocycles. The van der Waals surface area contributed by atoms with Crippen molar-refractivity contribution in [2.75, 3.05) is 13.2 Å². The van der Waals surface area contributed by atoms with E-state index in [0.717, 1.165) is 0 Å². The van der Waals surface area contributed by atoms with Crippen molar-refractivity contribution in [3.05, 3.63) is 11.5 Å². The minimum absolute atomic E-state index is 0.472. The maximum absolute atomic E-state index is 9.16. The molecule has 0 spiro atoms. The van der Waals surface area contributed by atoms with Gasteiger partial charge in [0.15, 0.2) is 0 Å². The summed E-state index contributed by atoms with van der Waals surface area (Å²) in [4.78, 5) is 0. The van der Waals surface area contributed by atoms with Crippen molar-refractivity contribution in [1.29, 1.82) is 0 Å². The van der Waals surface area contributed by atoms with Gasteiger partial charge >= 0.3 is 35.3 Å². The zero-order chi connectivity index (χ0) is 21.3. The van der Waals surface area contributed by atoms with Crippen LogP contribution in [0.3, 0.4) is 0 Å². The number of rotatable bonds is 2. The number of hydrogen-bond donors (Lipinski definition) is 8. The van der Waals surface area contributed by atoms with Gasteiger partial charge in [0.2, 0.25) is 0 Å². The Morgan fingerprint density at radius 3 is 1.15 bits per heavy atom. The number of halogens is 2. The van der Waals surface area contributed by atoms with E-state index in [0.29, 0.717) is 0 Å². The Morgan fingerprint density at radius 1 is 0.667 bits per heavy atom. The fraction of sp³-hybridized carbons (Fsp3) is 1.00. The summed E-state index contributed by atoms with van der Waals surface area (Å²) in [6, 6.07) is -2.58. The van der Waals surface area contributed by atoms with Gasteiger partial charge in [0.1, 0.15) is 37.0 Å². The smallest absolute Gasteiger partial charge is 0.141 e. The summed E-state index contributed by atoms with van der Waals surface area (Å²) in [5, 5.41) is 71.8. The van der Waals surface area contributed by atoms with E-state index in [1.54, 1.807) is 0 Å². The molecule has 10 unspecified atom stereocenters. The van der Waals surface area contributed by atoms with Crippen LogP contribution in [0, 0.1) is 0 Å². The Morgan fingerprint density at radius 2 is 0.926 bits per heavy atom. The van der Waals surface area contributed by atoms with Crippen LogP contribution in [-0.4, -0.2) is 115 Å². The Balaban J connectivity index is 0.000000438. The summed E-state index contributed by atoms with van der Waals surface area (Å²) in [5.74, 6) is 0. The summed E-state index contributed by atoms with van der Waals surface area (Å²) in [6.45, 7) is -0.996. The predicted octanol–water partition coefficient (Wildman–Crippen LogP) is -2.95. The van der Waals surface area contributed by atoms with Crippen LogP contribution in [0.15, 0.2) is 0 Å². The average Bonchev–Trinajstić information content (AvgIpc) is 2.65. The fourth-order valence-corrected chi connectivity index (χ4v) is 2.19. The van der Waals surface area contributed by atoms with Gasteiger partial charge in [-0.15, -0.1) is 0 Å². The Bertz CT molecular complexity index is 364. The second kappa shape index (κ2) is 13.9. The molecule has 2 aliphatic rings. The topological polar surface area (TPSA) is 228 Å². The number of nitrogens with one attached hydrogen (secondary N) is 2. The summed E-state index contributed by atoms with van der Waals surface area (Å²) in [5.41, 5.74) is 14.2. The Hall–Kier alpha value is 0.788. The quantitative estimate of drug-likeness (QED) is 0.156. The van der Waals surface area contributed by atoms with Crippen LogP contribution >= 0.6 is 18.8 Å². The maximum atomic E-state index is 9.16. The van der Waals surface area contributed by atoms with E-state index >= 15 is 0 Å². The first-order valence-corrected chi connectivity index (χ1v) is 13.1. The third-order valence-electron chi connectivity index (χ3n) is 3.80. The van der Waals surface area contributed by atoms with Crippen molar-refractivity contribution in [2.24, 2.45) is 0 Å². The monoisotopic (exact) mass is 621 g/mol. The van der Waals surface area contributed by atoms with E-state index in [1.807, 2.05) is 0 Å². The summed E-state index contributed by atoms with van der Waals surface area (Å²) in [7, 11) is 9.75. The molecule has 0 bridgehead atoms. The van der Waals surface area contributed by atoms with Gasteiger partial charge < -0.3 is 61.8 Å². The molecular weight excluding hydrogens is 598 g/mol. The van der Waals surface area contributed by atoms with Crippen LogP contribution in [0.2, 0.25) is 0 Å². The van der Waals surface area contributed by atoms with E-state index < -0.39 is 91.0 Å². The minimum atomic E-state index is -1.46. The molecule has 2 aliphatic heterocycles. The first kappa shape index (κ1) is 27.8. The van der Waals surface area contributed by atoms with Gasteiger partial charge in [0.25, 0.3) is 0 Å². The van der Waals surface area contributed by atoms with Crippen LogP contribution in [0.1, 0.15) is 0 Å². The van der Waals surface area contributed by atoms with Crippen molar-refractivity contribution >= 4 is 18.8 Å². The van der Waals surface area contributed by atoms with Crippen LogP contribution < -0.4 is 0 Å². The molecule has 27 heavy (non-hydrogen) atoms. The molecule has 0 aromatic rings. The molecule has 10 N–H and O–H groups in total. The van der Waals surface area contributed by atoms with E-state index in [4.69, 9.17) is 71.2 Å². The number of aliphatic hydroxyl groups is 8. The maximum Gasteiger partial charge on any atom is 0.141 e. The standard InChI is InChI=1S/2C6H12NO5.2ClH.Pt/c2*7-3-5(10)4(9)2(1-8)12-6(3)11;;;/h2*2-11H,1H2;2*1H;/q2*-1;;;+4/p-2. The molecule has 0 aromatic heterocycles. The Kier molecular flexibility index (Phi) is 14.3. The molecule has 0 amide bonds. The van der Waals surface area contributed by atoms with Crippen LogP contribution in [0.5, 0.6) is 0 Å². The number of ether oxygens (including phenoxy) is 2. The molecular formula is C12H24Cl2N2O10Pt. The molecule has 0 saturated carbocycles. The average molecular weight is 622 g/mol. The zero-order valence-electron chi connectivity index (χ0n) is 13.7. The third kappa shape index (κ3) is 8.21. The van der Waals surface area contributed by atoms with Crippen molar-refractivity contribution in [3.63, 3.8) is 0 Å². The molecule has 12 nitrogen and oxygen atoms in total. The van der Waals surface area contributed by atoms with Crippen molar-refractivity contribution in [3.8, 4) is 0 Å². The van der Waals surface area contributed by atoms with Gasteiger partial charge in [0, 0.05) is 0 Å². The predicted molar refractivity (Wildman–Crippen MR) is 87.9 cm³/mol. The SMILES string of the molecule is [Cl][Pt+2][Cl].[NH-]C1C(O)OC(CO)C(O)C1O.[NH-]C1C(O)OC(CO)C(O)C1O. The van der Waals surface area contributed by atoms with Gasteiger partial charge in [0.05, 0.1) is 25.4 Å². The van der Waals surface area contributed by atoms with Gasteiger partial charge in [-0.25, -0.2) is 0 Å². The third-order valence-corrected chi connectivity index (χ3v) is 3.80. The van der Waals surface area contributed by atoms with Crippen molar-refractivity contribution in [1.82, 2.24) is 0 Å². The van der Waals surface area contributed by atoms with Crippen molar-refractivity contribution in [2.45, 2.75) is 61.3 Å². The second-order valence-corrected chi connectivity index (χ2v) is 8.84. The second-order valence-electron chi connectivity index (χ2n) is 5.55. The summed E-state index contributed by atoms with van der Waals surface area (Å²) < 4.78 is 9.28. The molecule has 166 valence electrons. The van der Waals surface area contributed by atoms with Gasteiger partial charge in [-0.2, -0.15) is 0 Å². The molecule has 2 heterocycles. The van der Waals surface area contributed by atoms with E-state index in [2.05, 4.69) is 9.47 Å². The first-order valence-electron chi connectivity index (χ1n) is 7.42. The fourth-order valence-electron chi connectivity index (χ4n) is 2.19. The van der Waals surface area contributed by atoms with Crippen LogP contribution in [0.4, 0.5) is 0 Å². The summed E-state index contributed by atoms with van der Waals surface area (Å²) >= 11 is -0.472. The van der Waals surface area contributed by atoms with Gasteiger partial charge in [-0.3, -0.25) is 0 Å². The number of aliphatic hydroxyl groups excluding tert-OH is 8. The number of hydrogen-bond acceptors (Lipinski definition) is 10. The normalized spacial score (nSPS) is 44.6. The van der Waals surface area contributed by atoms with Crippen LogP contribution in [-0.2, 0) is 26.0 Å². The molecule has 2 fully saturated rings. The molecule has 0 aromatic carbocycles. The van der Waals surface area contributed by atoms with E-state index in [1.165, 1.54) is 0 Å². The van der Waals surface area contributed by atoms with Crippen molar-refractivity contribution < 1.29 is 66.8 Å². The Labute approximate surface area is 171 Å². The van der Waals surface area contributed by atoms with Gasteiger partial charge in [-0.1, -0.05) is 12.1 Å². The minimum Gasteiger partial charge on any atom is -0.668 e. The summed E-state index contributed by atoms with van der Waals surface area (Å²) in [6.07, 6.45) is -10.4. The van der Waals surface area contributed by atoms with Gasteiger partial charge in [-0.05, 0) is 0 Å². The largest absolute Gasteiger partial charge is 0.668 e. The van der Waals surface area contributed by atoms with Crippen LogP contribution in [0.25, 0.3) is 11.5 Å². The molecule has 0 aliphatic carbocycles. The van der Waals surface area contributed by atoms with E-state index in [-0.39, 0.29) is 0 Å². The first-order chi connectivity index (χ1) is 12.6. The molecule has 10 atom stereocenters. The van der Waals surface area contributed by atoms with E-state index in [9.17, 15) is 0 Å². The molecule has 0 radical (unpaired) electrons. The zero-order valence-corrected chi connectivity index (χ0v) is 17.4. The molecule has 15 heteroatoms. The molecule has 2 rings (SSSR count).